The van der Waals surface area contributed by atoms with Gasteiger partial charge in [-0.3, -0.25) is 9.89 Å². The average molecular weight is 426 g/mol. The molecule has 1 aliphatic rings. The standard InChI is InChI=1S/C16H34N4O.HI/c1-13(2)20(14(3)4)10-7-9-18-16(17-5)19-12-15-8-6-11-21-15;/h13-15H,6-12H2,1-5H3,(H2,17,18,19);1H. The number of hydrogen-bond donors (Lipinski definition) is 2. The van der Waals surface area contributed by atoms with Gasteiger partial charge in [0, 0.05) is 45.4 Å². The first kappa shape index (κ1) is 21.9. The lowest BCUT2D eigenvalue weighted by molar-refractivity contribution is 0.113. The van der Waals surface area contributed by atoms with E-state index in [1.807, 2.05) is 7.05 Å². The quantitative estimate of drug-likeness (QED) is 0.271. The number of hydrogen-bond acceptors (Lipinski definition) is 3. The van der Waals surface area contributed by atoms with Gasteiger partial charge >= 0.3 is 0 Å². The van der Waals surface area contributed by atoms with Crippen molar-refractivity contribution in [2.24, 2.45) is 4.99 Å². The summed E-state index contributed by atoms with van der Waals surface area (Å²) in [6.45, 7) is 12.9. The van der Waals surface area contributed by atoms with Crippen molar-refractivity contribution in [3.05, 3.63) is 0 Å². The van der Waals surface area contributed by atoms with Crippen LogP contribution in [0.1, 0.15) is 47.0 Å². The van der Waals surface area contributed by atoms with Crippen LogP contribution in [0.15, 0.2) is 4.99 Å². The maximum absolute atomic E-state index is 5.61. The average Bonchev–Trinajstić information content (AvgIpc) is 2.94. The van der Waals surface area contributed by atoms with Crippen molar-refractivity contribution in [1.29, 1.82) is 0 Å². The smallest absolute Gasteiger partial charge is 0.191 e. The summed E-state index contributed by atoms with van der Waals surface area (Å²) >= 11 is 0. The highest BCUT2D eigenvalue weighted by molar-refractivity contribution is 14.0. The fourth-order valence-electron chi connectivity index (χ4n) is 2.82. The summed E-state index contributed by atoms with van der Waals surface area (Å²) in [6, 6.07) is 1.20. The van der Waals surface area contributed by atoms with Crippen molar-refractivity contribution < 1.29 is 4.74 Å². The molecule has 0 aliphatic carbocycles. The van der Waals surface area contributed by atoms with Crippen LogP contribution in [-0.4, -0.2) is 62.3 Å². The predicted molar refractivity (Wildman–Crippen MR) is 105 cm³/mol. The van der Waals surface area contributed by atoms with Gasteiger partial charge in [-0.25, -0.2) is 0 Å². The molecule has 0 bridgehead atoms. The zero-order chi connectivity index (χ0) is 15.7. The molecular weight excluding hydrogens is 391 g/mol. The molecule has 0 spiro atoms. The van der Waals surface area contributed by atoms with Crippen molar-refractivity contribution in [2.75, 3.05) is 33.3 Å². The van der Waals surface area contributed by atoms with E-state index >= 15 is 0 Å². The zero-order valence-electron chi connectivity index (χ0n) is 14.9. The van der Waals surface area contributed by atoms with Crippen molar-refractivity contribution in [3.63, 3.8) is 0 Å². The van der Waals surface area contributed by atoms with Gasteiger partial charge in [0.25, 0.3) is 0 Å². The first-order valence-corrected chi connectivity index (χ1v) is 8.36. The lowest BCUT2D eigenvalue weighted by Gasteiger charge is -2.30. The molecule has 0 amide bonds. The summed E-state index contributed by atoms with van der Waals surface area (Å²) in [5.74, 6) is 0.881. The van der Waals surface area contributed by atoms with Gasteiger partial charge in [0.15, 0.2) is 5.96 Å². The maximum Gasteiger partial charge on any atom is 0.191 e. The van der Waals surface area contributed by atoms with E-state index in [9.17, 15) is 0 Å². The molecule has 1 aliphatic heterocycles. The molecule has 1 unspecified atom stereocenters. The Labute approximate surface area is 153 Å². The highest BCUT2D eigenvalue weighted by Gasteiger charge is 2.15. The van der Waals surface area contributed by atoms with Crippen molar-refractivity contribution in [2.45, 2.75) is 65.1 Å². The van der Waals surface area contributed by atoms with Crippen LogP contribution >= 0.6 is 24.0 Å². The van der Waals surface area contributed by atoms with Crippen LogP contribution in [0, 0.1) is 0 Å². The number of ether oxygens (including phenoxy) is 1. The summed E-state index contributed by atoms with van der Waals surface area (Å²) < 4.78 is 5.61. The number of nitrogens with one attached hydrogen (secondary N) is 2. The van der Waals surface area contributed by atoms with Crippen LogP contribution in [0.5, 0.6) is 0 Å². The fourth-order valence-corrected chi connectivity index (χ4v) is 2.82. The van der Waals surface area contributed by atoms with E-state index in [-0.39, 0.29) is 24.0 Å². The Morgan fingerprint density at radius 1 is 1.23 bits per heavy atom. The highest BCUT2D eigenvalue weighted by atomic mass is 127. The van der Waals surface area contributed by atoms with E-state index in [2.05, 4.69) is 48.2 Å². The van der Waals surface area contributed by atoms with E-state index in [0.717, 1.165) is 45.0 Å². The Morgan fingerprint density at radius 3 is 2.41 bits per heavy atom. The van der Waals surface area contributed by atoms with Crippen molar-refractivity contribution in [3.8, 4) is 0 Å². The third-order valence-electron chi connectivity index (χ3n) is 3.96. The number of nitrogens with zero attached hydrogens (tertiary/aromatic N) is 2. The van der Waals surface area contributed by atoms with Crippen LogP contribution in [0.2, 0.25) is 0 Å². The molecule has 0 radical (unpaired) electrons. The topological polar surface area (TPSA) is 48.9 Å². The molecule has 5 nitrogen and oxygen atoms in total. The van der Waals surface area contributed by atoms with Gasteiger partial charge in [-0.1, -0.05) is 0 Å². The van der Waals surface area contributed by atoms with E-state index in [1.165, 1.54) is 6.42 Å². The Bertz CT molecular complexity index is 297. The predicted octanol–water partition coefficient (Wildman–Crippen LogP) is 2.46. The lowest BCUT2D eigenvalue weighted by Crippen LogP contribution is -2.43. The second-order valence-electron chi connectivity index (χ2n) is 6.29. The molecule has 2 N–H and O–H groups in total. The molecule has 0 aromatic heterocycles. The van der Waals surface area contributed by atoms with Gasteiger partial charge in [-0.2, -0.15) is 0 Å². The van der Waals surface area contributed by atoms with Crippen LogP contribution in [0.3, 0.4) is 0 Å². The van der Waals surface area contributed by atoms with E-state index in [0.29, 0.717) is 18.2 Å². The highest BCUT2D eigenvalue weighted by Crippen LogP contribution is 2.10. The largest absolute Gasteiger partial charge is 0.376 e. The van der Waals surface area contributed by atoms with Crippen LogP contribution < -0.4 is 10.6 Å². The number of rotatable bonds is 8. The molecule has 0 aromatic rings. The number of guanidine groups is 1. The van der Waals surface area contributed by atoms with Crippen LogP contribution in [0.25, 0.3) is 0 Å². The van der Waals surface area contributed by atoms with Crippen molar-refractivity contribution in [1.82, 2.24) is 15.5 Å². The Hall–Kier alpha value is -0.0800. The van der Waals surface area contributed by atoms with E-state index in [4.69, 9.17) is 4.74 Å². The number of halogens is 1. The molecule has 0 saturated carbocycles. The summed E-state index contributed by atoms with van der Waals surface area (Å²) in [7, 11) is 1.82. The lowest BCUT2D eigenvalue weighted by atomic mass is 10.2. The third kappa shape index (κ3) is 8.53. The zero-order valence-corrected chi connectivity index (χ0v) is 17.2. The Morgan fingerprint density at radius 2 is 1.91 bits per heavy atom. The van der Waals surface area contributed by atoms with Gasteiger partial charge in [0.2, 0.25) is 0 Å². The maximum atomic E-state index is 5.61. The second-order valence-corrected chi connectivity index (χ2v) is 6.29. The molecule has 1 saturated heterocycles. The van der Waals surface area contributed by atoms with Crippen molar-refractivity contribution >= 4 is 29.9 Å². The Balaban J connectivity index is 0.00000441. The molecule has 1 fully saturated rings. The summed E-state index contributed by atoms with van der Waals surface area (Å²) in [4.78, 5) is 6.78. The minimum atomic E-state index is 0. The molecule has 1 heterocycles. The van der Waals surface area contributed by atoms with Gasteiger partial charge in [-0.15, -0.1) is 24.0 Å². The first-order valence-electron chi connectivity index (χ1n) is 8.36. The van der Waals surface area contributed by atoms with Gasteiger partial charge in [0.1, 0.15) is 0 Å². The minimum absolute atomic E-state index is 0. The molecule has 6 heteroatoms. The SMILES string of the molecule is CN=C(NCCCN(C(C)C)C(C)C)NCC1CCCO1.I. The molecular formula is C16H35IN4O. The molecule has 132 valence electrons. The summed E-state index contributed by atoms with van der Waals surface area (Å²) in [5, 5.41) is 6.73. The van der Waals surface area contributed by atoms with Gasteiger partial charge < -0.3 is 15.4 Å². The van der Waals surface area contributed by atoms with Gasteiger partial charge in [-0.05, 0) is 47.0 Å². The molecule has 0 aromatic carbocycles. The second kappa shape index (κ2) is 12.4. The summed E-state index contributed by atoms with van der Waals surface area (Å²) in [5.41, 5.74) is 0. The van der Waals surface area contributed by atoms with Crippen LogP contribution in [-0.2, 0) is 4.74 Å². The minimum Gasteiger partial charge on any atom is -0.376 e. The monoisotopic (exact) mass is 426 g/mol. The van der Waals surface area contributed by atoms with E-state index < -0.39 is 0 Å². The molecule has 1 atom stereocenters. The molecule has 1 rings (SSSR count). The molecule has 22 heavy (non-hydrogen) atoms. The Kier molecular flexibility index (Phi) is 12.3. The fraction of sp³-hybridized carbons (Fsp3) is 0.938. The van der Waals surface area contributed by atoms with E-state index in [1.54, 1.807) is 0 Å². The van der Waals surface area contributed by atoms with Gasteiger partial charge in [0.05, 0.1) is 6.10 Å². The normalized spacial score (nSPS) is 18.9. The van der Waals surface area contributed by atoms with Crippen LogP contribution in [0.4, 0.5) is 0 Å². The number of aliphatic imine (C=N–C) groups is 1. The third-order valence-corrected chi connectivity index (χ3v) is 3.96. The summed E-state index contributed by atoms with van der Waals surface area (Å²) in [6.07, 6.45) is 3.80. The first-order chi connectivity index (χ1) is 10.0.